The standard InChI is InChI=1S/C27H33F2N5O6/c1-7-37-25(35)19-11-31-34-13-21-24(32-23(19)34)33(15(2)14-38-21)12-17-8-18(28)9-20(29)22(17)39-16(3)10-30-26(36)40-27(4,5)6/h8-9,11,13,15-16H,7,10,12,14H2,1-6H3,(H,30,36)/t15-,16+/m1/s1. The van der Waals surface area contributed by atoms with Crippen molar-refractivity contribution in [1.29, 1.82) is 0 Å². The van der Waals surface area contributed by atoms with Crippen LogP contribution in [-0.2, 0) is 16.0 Å². The second-order valence-electron chi connectivity index (χ2n) is 10.5. The summed E-state index contributed by atoms with van der Waals surface area (Å²) in [6.07, 6.45) is 1.64. The summed E-state index contributed by atoms with van der Waals surface area (Å²) in [5.41, 5.74) is -0.0240. The summed E-state index contributed by atoms with van der Waals surface area (Å²) in [6, 6.07) is 1.68. The molecule has 0 saturated carbocycles. The van der Waals surface area contributed by atoms with Gasteiger partial charge in [0.2, 0.25) is 0 Å². The van der Waals surface area contributed by atoms with Gasteiger partial charge in [-0.05, 0) is 47.6 Å². The normalized spacial score (nSPS) is 15.7. The number of carbonyl (C=O) groups excluding carboxylic acids is 2. The molecule has 0 saturated heterocycles. The van der Waals surface area contributed by atoms with Crippen molar-refractivity contribution in [3.63, 3.8) is 0 Å². The number of nitrogens with one attached hydrogen (secondary N) is 1. The van der Waals surface area contributed by atoms with Crippen LogP contribution in [0.1, 0.15) is 57.5 Å². The van der Waals surface area contributed by atoms with E-state index in [-0.39, 0.29) is 54.9 Å². The Morgan fingerprint density at radius 1 is 1.27 bits per heavy atom. The van der Waals surface area contributed by atoms with E-state index in [0.29, 0.717) is 11.6 Å². The van der Waals surface area contributed by atoms with Gasteiger partial charge in [0.25, 0.3) is 0 Å². The zero-order valence-corrected chi connectivity index (χ0v) is 23.3. The minimum Gasteiger partial charge on any atom is -0.486 e. The molecular weight excluding hydrogens is 528 g/mol. The average Bonchev–Trinajstić information content (AvgIpc) is 3.27. The number of benzene rings is 1. The van der Waals surface area contributed by atoms with Gasteiger partial charge in [-0.1, -0.05) is 0 Å². The van der Waals surface area contributed by atoms with Crippen LogP contribution in [0.4, 0.5) is 19.4 Å². The van der Waals surface area contributed by atoms with Crippen LogP contribution in [-0.4, -0.2) is 64.2 Å². The number of halogens is 2. The van der Waals surface area contributed by atoms with E-state index in [1.54, 1.807) is 40.8 Å². The predicted octanol–water partition coefficient (Wildman–Crippen LogP) is 4.26. The Balaban J connectivity index is 1.61. The minimum atomic E-state index is -0.885. The van der Waals surface area contributed by atoms with Gasteiger partial charge in [0.1, 0.15) is 29.7 Å². The van der Waals surface area contributed by atoms with E-state index in [1.807, 2.05) is 11.8 Å². The molecular formula is C27H33F2N5O6. The first kappa shape index (κ1) is 28.8. The summed E-state index contributed by atoms with van der Waals surface area (Å²) < 4.78 is 52.8. The molecule has 0 radical (unpaired) electrons. The Morgan fingerprint density at radius 3 is 2.73 bits per heavy atom. The SMILES string of the molecule is CCOC(=O)c1cnn2cc3c(nc12)N(Cc1cc(F)cc(F)c1O[C@@H](C)CNC(=O)OC(C)(C)C)[C@H](C)CO3. The van der Waals surface area contributed by atoms with Crippen LogP contribution in [0, 0.1) is 11.6 Å². The molecule has 0 spiro atoms. The molecule has 4 rings (SSSR count). The van der Waals surface area contributed by atoms with Crippen molar-refractivity contribution in [1.82, 2.24) is 19.9 Å². The van der Waals surface area contributed by atoms with Gasteiger partial charge in [-0.2, -0.15) is 5.10 Å². The summed E-state index contributed by atoms with van der Waals surface area (Å²) in [4.78, 5) is 30.9. The second kappa shape index (κ2) is 11.5. The molecule has 1 aromatic carbocycles. The molecule has 3 aromatic rings. The number of alkyl carbamates (subject to hydrolysis) is 1. The first-order chi connectivity index (χ1) is 18.9. The molecule has 13 heteroatoms. The summed E-state index contributed by atoms with van der Waals surface area (Å²) in [5.74, 6) is -1.63. The van der Waals surface area contributed by atoms with Crippen LogP contribution in [0.15, 0.2) is 24.5 Å². The summed E-state index contributed by atoms with van der Waals surface area (Å²) in [7, 11) is 0. The molecule has 1 amide bonds. The lowest BCUT2D eigenvalue weighted by Crippen LogP contribution is -2.41. The van der Waals surface area contributed by atoms with Crippen LogP contribution in [0.25, 0.3) is 5.65 Å². The van der Waals surface area contributed by atoms with Crippen molar-refractivity contribution in [2.24, 2.45) is 0 Å². The van der Waals surface area contributed by atoms with E-state index in [4.69, 9.17) is 18.9 Å². The highest BCUT2D eigenvalue weighted by Crippen LogP contribution is 2.36. The highest BCUT2D eigenvalue weighted by molar-refractivity contribution is 5.96. The van der Waals surface area contributed by atoms with Crippen LogP contribution >= 0.6 is 0 Å². The molecule has 0 fully saturated rings. The third-order valence-electron chi connectivity index (χ3n) is 5.90. The summed E-state index contributed by atoms with van der Waals surface area (Å²) in [5, 5.41) is 6.76. The number of fused-ring (bicyclic) bond motifs is 2. The monoisotopic (exact) mass is 561 g/mol. The zero-order chi connectivity index (χ0) is 29.2. The fraction of sp³-hybridized carbons (Fsp3) is 0.481. The average molecular weight is 562 g/mol. The van der Waals surface area contributed by atoms with Gasteiger partial charge in [0, 0.05) is 18.2 Å². The van der Waals surface area contributed by atoms with Gasteiger partial charge in [0.15, 0.2) is 28.8 Å². The first-order valence-corrected chi connectivity index (χ1v) is 12.9. The molecule has 2 aromatic heterocycles. The number of rotatable bonds is 8. The topological polar surface area (TPSA) is 117 Å². The molecule has 1 aliphatic rings. The smallest absolute Gasteiger partial charge is 0.407 e. The van der Waals surface area contributed by atoms with Crippen LogP contribution in [0.2, 0.25) is 0 Å². The lowest BCUT2D eigenvalue weighted by molar-refractivity contribution is 0.0500. The number of amides is 1. The summed E-state index contributed by atoms with van der Waals surface area (Å²) in [6.45, 7) is 10.9. The fourth-order valence-electron chi connectivity index (χ4n) is 4.12. The highest BCUT2D eigenvalue weighted by Gasteiger charge is 2.30. The lowest BCUT2D eigenvalue weighted by atomic mass is 10.1. The van der Waals surface area contributed by atoms with Crippen molar-refractivity contribution in [2.45, 2.75) is 65.8 Å². The van der Waals surface area contributed by atoms with Crippen molar-refractivity contribution < 1.29 is 37.3 Å². The summed E-state index contributed by atoms with van der Waals surface area (Å²) >= 11 is 0. The van der Waals surface area contributed by atoms with E-state index >= 15 is 4.39 Å². The van der Waals surface area contributed by atoms with Crippen LogP contribution in [0.3, 0.4) is 0 Å². The van der Waals surface area contributed by atoms with E-state index in [9.17, 15) is 14.0 Å². The van der Waals surface area contributed by atoms with Crippen LogP contribution in [0.5, 0.6) is 11.5 Å². The quantitative estimate of drug-likeness (QED) is 0.403. The van der Waals surface area contributed by atoms with Gasteiger partial charge >= 0.3 is 12.1 Å². The number of hydrogen-bond donors (Lipinski definition) is 1. The molecule has 1 aliphatic heterocycles. The Bertz CT molecular complexity index is 1410. The highest BCUT2D eigenvalue weighted by atomic mass is 19.1. The van der Waals surface area contributed by atoms with E-state index in [0.717, 1.165) is 6.07 Å². The molecule has 11 nitrogen and oxygen atoms in total. The fourth-order valence-corrected chi connectivity index (χ4v) is 4.12. The van der Waals surface area contributed by atoms with Crippen molar-refractivity contribution in [3.05, 3.63) is 47.3 Å². The number of esters is 1. The Labute approximate surface area is 230 Å². The maximum absolute atomic E-state index is 15.0. The third kappa shape index (κ3) is 6.52. The molecule has 0 aliphatic carbocycles. The number of anilines is 1. The van der Waals surface area contributed by atoms with Crippen molar-refractivity contribution in [3.8, 4) is 11.5 Å². The first-order valence-electron chi connectivity index (χ1n) is 12.9. The number of ether oxygens (including phenoxy) is 4. The van der Waals surface area contributed by atoms with Crippen molar-refractivity contribution >= 4 is 23.5 Å². The maximum atomic E-state index is 15.0. The Hall–Kier alpha value is -4.16. The maximum Gasteiger partial charge on any atom is 0.407 e. The van der Waals surface area contributed by atoms with Gasteiger partial charge in [-0.25, -0.2) is 27.9 Å². The van der Waals surface area contributed by atoms with Gasteiger partial charge < -0.3 is 29.2 Å². The Morgan fingerprint density at radius 2 is 2.02 bits per heavy atom. The zero-order valence-electron chi connectivity index (χ0n) is 23.3. The minimum absolute atomic E-state index is 0.0137. The molecule has 1 N–H and O–H groups in total. The van der Waals surface area contributed by atoms with E-state index in [1.165, 1.54) is 16.8 Å². The van der Waals surface area contributed by atoms with E-state index in [2.05, 4.69) is 15.4 Å². The number of carbonyl (C=O) groups is 2. The largest absolute Gasteiger partial charge is 0.486 e. The Kier molecular flexibility index (Phi) is 8.31. The van der Waals surface area contributed by atoms with Gasteiger partial charge in [-0.3, -0.25) is 0 Å². The second-order valence-corrected chi connectivity index (χ2v) is 10.5. The molecule has 0 bridgehead atoms. The molecule has 0 unspecified atom stereocenters. The number of nitrogens with zero attached hydrogens (tertiary/aromatic N) is 4. The third-order valence-corrected chi connectivity index (χ3v) is 5.90. The van der Waals surface area contributed by atoms with Gasteiger partial charge in [-0.15, -0.1) is 0 Å². The lowest BCUT2D eigenvalue weighted by Gasteiger charge is -2.36. The molecule has 3 heterocycles. The van der Waals surface area contributed by atoms with Gasteiger partial charge in [0.05, 0.1) is 31.6 Å². The van der Waals surface area contributed by atoms with Crippen LogP contribution < -0.4 is 19.7 Å². The van der Waals surface area contributed by atoms with Crippen molar-refractivity contribution in [2.75, 3.05) is 24.7 Å². The molecule has 40 heavy (non-hydrogen) atoms. The number of aromatic nitrogens is 3. The number of hydrogen-bond acceptors (Lipinski definition) is 9. The predicted molar refractivity (Wildman–Crippen MR) is 141 cm³/mol. The van der Waals surface area contributed by atoms with E-state index < -0.39 is 35.4 Å². The molecule has 2 atom stereocenters. The molecule has 216 valence electrons.